The van der Waals surface area contributed by atoms with E-state index in [9.17, 15) is 14.9 Å². The van der Waals surface area contributed by atoms with Crippen molar-refractivity contribution in [3.05, 3.63) is 62.7 Å². The maximum absolute atomic E-state index is 12.0. The zero-order valence-electron chi connectivity index (χ0n) is 12.5. The molecule has 0 radical (unpaired) electrons. The molecule has 1 atom stereocenters. The van der Waals surface area contributed by atoms with E-state index in [1.165, 1.54) is 23.5 Å². The van der Waals surface area contributed by atoms with Gasteiger partial charge in [0.1, 0.15) is 6.04 Å². The molecule has 1 amide bonds. The highest BCUT2D eigenvalue weighted by atomic mass is 32.1. The van der Waals surface area contributed by atoms with Crippen molar-refractivity contribution in [2.24, 2.45) is 0 Å². The standard InChI is InChI=1S/C15H12N4O4S/c1-9(16-14(20)12-3-2-8-24-12)15-17-13(18-23-15)10-4-6-11(7-5-10)19(21)22/h2-9H,1H3,(H,16,20)/t9-/m0/s1. The van der Waals surface area contributed by atoms with Crippen molar-refractivity contribution in [3.8, 4) is 11.4 Å². The van der Waals surface area contributed by atoms with Crippen molar-refractivity contribution < 1.29 is 14.2 Å². The molecule has 8 nitrogen and oxygen atoms in total. The number of aromatic nitrogens is 2. The van der Waals surface area contributed by atoms with Crippen LogP contribution in [-0.2, 0) is 0 Å². The van der Waals surface area contributed by atoms with E-state index in [0.29, 0.717) is 16.3 Å². The fourth-order valence-electron chi connectivity index (χ4n) is 2.00. The van der Waals surface area contributed by atoms with Gasteiger partial charge in [0, 0.05) is 17.7 Å². The number of amides is 1. The second kappa shape index (κ2) is 6.59. The Hall–Kier alpha value is -3.07. The highest BCUT2D eigenvalue weighted by molar-refractivity contribution is 7.12. The lowest BCUT2D eigenvalue weighted by molar-refractivity contribution is -0.384. The molecule has 2 aromatic heterocycles. The number of hydrogen-bond donors (Lipinski definition) is 1. The minimum Gasteiger partial charge on any atom is -0.340 e. The van der Waals surface area contributed by atoms with Crippen LogP contribution in [0.3, 0.4) is 0 Å². The second-order valence-corrected chi connectivity index (χ2v) is 5.88. The number of nitrogens with one attached hydrogen (secondary N) is 1. The Morgan fingerprint density at radius 3 is 2.71 bits per heavy atom. The molecule has 1 N–H and O–H groups in total. The van der Waals surface area contributed by atoms with Gasteiger partial charge in [-0.1, -0.05) is 11.2 Å². The van der Waals surface area contributed by atoms with Crippen molar-refractivity contribution in [2.45, 2.75) is 13.0 Å². The summed E-state index contributed by atoms with van der Waals surface area (Å²) < 4.78 is 5.17. The topological polar surface area (TPSA) is 111 Å². The van der Waals surface area contributed by atoms with Crippen molar-refractivity contribution in [3.63, 3.8) is 0 Å². The molecule has 3 aromatic rings. The van der Waals surface area contributed by atoms with Crippen LogP contribution in [0.15, 0.2) is 46.3 Å². The van der Waals surface area contributed by atoms with Crippen LogP contribution >= 0.6 is 11.3 Å². The molecule has 0 aliphatic rings. The molecule has 122 valence electrons. The summed E-state index contributed by atoms with van der Waals surface area (Å²) in [7, 11) is 0. The lowest BCUT2D eigenvalue weighted by Gasteiger charge is -2.07. The SMILES string of the molecule is C[C@H](NC(=O)c1cccs1)c1nc(-c2ccc([N+](=O)[O-])cc2)no1. The van der Waals surface area contributed by atoms with Crippen LogP contribution in [0.25, 0.3) is 11.4 Å². The molecule has 0 aliphatic carbocycles. The van der Waals surface area contributed by atoms with Crippen molar-refractivity contribution in [1.29, 1.82) is 0 Å². The molecular weight excluding hydrogens is 332 g/mol. The summed E-state index contributed by atoms with van der Waals surface area (Å²) >= 11 is 1.34. The smallest absolute Gasteiger partial charge is 0.269 e. The number of nitro benzene ring substituents is 1. The average Bonchev–Trinajstić information content (AvgIpc) is 3.26. The van der Waals surface area contributed by atoms with E-state index in [1.54, 1.807) is 31.2 Å². The second-order valence-electron chi connectivity index (χ2n) is 4.93. The van der Waals surface area contributed by atoms with E-state index < -0.39 is 11.0 Å². The predicted molar refractivity (Wildman–Crippen MR) is 86.6 cm³/mol. The fourth-order valence-corrected chi connectivity index (χ4v) is 2.62. The molecule has 0 aliphatic heterocycles. The number of carbonyl (C=O) groups excluding carboxylic acids is 1. The summed E-state index contributed by atoms with van der Waals surface area (Å²) in [5, 5.41) is 19.1. The molecule has 24 heavy (non-hydrogen) atoms. The van der Waals surface area contributed by atoms with Gasteiger partial charge in [-0.05, 0) is 30.5 Å². The molecular formula is C15H12N4O4S. The fraction of sp³-hybridized carbons (Fsp3) is 0.133. The minimum absolute atomic E-state index is 0.0148. The molecule has 0 spiro atoms. The van der Waals surface area contributed by atoms with Gasteiger partial charge >= 0.3 is 0 Å². The largest absolute Gasteiger partial charge is 0.340 e. The van der Waals surface area contributed by atoms with E-state index in [-0.39, 0.29) is 17.5 Å². The Morgan fingerprint density at radius 2 is 2.08 bits per heavy atom. The van der Waals surface area contributed by atoms with Crippen molar-refractivity contribution >= 4 is 22.9 Å². The zero-order valence-corrected chi connectivity index (χ0v) is 13.3. The highest BCUT2D eigenvalue weighted by Gasteiger charge is 2.19. The van der Waals surface area contributed by atoms with Gasteiger partial charge in [0.2, 0.25) is 11.7 Å². The monoisotopic (exact) mass is 344 g/mol. The first kappa shape index (κ1) is 15.8. The van der Waals surface area contributed by atoms with E-state index in [1.807, 2.05) is 5.38 Å². The Bertz CT molecular complexity index is 858. The molecule has 0 fully saturated rings. The van der Waals surface area contributed by atoms with Gasteiger partial charge < -0.3 is 9.84 Å². The lowest BCUT2D eigenvalue weighted by atomic mass is 10.2. The maximum atomic E-state index is 12.0. The molecule has 3 rings (SSSR count). The summed E-state index contributed by atoms with van der Waals surface area (Å²) in [6.07, 6.45) is 0. The molecule has 0 saturated heterocycles. The van der Waals surface area contributed by atoms with E-state index in [2.05, 4.69) is 15.5 Å². The van der Waals surface area contributed by atoms with Gasteiger partial charge in [-0.15, -0.1) is 11.3 Å². The quantitative estimate of drug-likeness (QED) is 0.562. The lowest BCUT2D eigenvalue weighted by Crippen LogP contribution is -2.26. The van der Waals surface area contributed by atoms with E-state index >= 15 is 0 Å². The summed E-state index contributed by atoms with van der Waals surface area (Å²) in [6, 6.07) is 8.88. The van der Waals surface area contributed by atoms with Crippen LogP contribution in [0.1, 0.15) is 28.5 Å². The minimum atomic E-state index is -0.479. The third-order valence-corrected chi connectivity index (χ3v) is 4.11. The first-order chi connectivity index (χ1) is 11.5. The maximum Gasteiger partial charge on any atom is 0.269 e. The third-order valence-electron chi connectivity index (χ3n) is 3.24. The Balaban J connectivity index is 1.72. The van der Waals surface area contributed by atoms with Crippen molar-refractivity contribution in [1.82, 2.24) is 15.5 Å². The van der Waals surface area contributed by atoms with Crippen LogP contribution in [0.5, 0.6) is 0 Å². The summed E-state index contributed by atoms with van der Waals surface area (Å²) in [5.41, 5.74) is 0.575. The van der Waals surface area contributed by atoms with Crippen molar-refractivity contribution in [2.75, 3.05) is 0 Å². The predicted octanol–water partition coefficient (Wildman–Crippen LogP) is 3.20. The third kappa shape index (κ3) is 3.30. The summed E-state index contributed by atoms with van der Waals surface area (Å²) in [4.78, 5) is 27.0. The first-order valence-corrected chi connectivity index (χ1v) is 7.85. The highest BCUT2D eigenvalue weighted by Crippen LogP contribution is 2.22. The number of thiophene rings is 1. The number of non-ortho nitro benzene ring substituents is 1. The van der Waals surface area contributed by atoms with Gasteiger partial charge in [-0.3, -0.25) is 14.9 Å². The van der Waals surface area contributed by atoms with Gasteiger partial charge in [0.05, 0.1) is 9.80 Å². The van der Waals surface area contributed by atoms with Crippen LogP contribution in [0, 0.1) is 10.1 Å². The first-order valence-electron chi connectivity index (χ1n) is 6.97. The number of carbonyl (C=O) groups is 1. The number of hydrogen-bond acceptors (Lipinski definition) is 7. The van der Waals surface area contributed by atoms with Gasteiger partial charge in [-0.2, -0.15) is 4.98 Å². The molecule has 0 bridgehead atoms. The molecule has 1 aromatic carbocycles. The van der Waals surface area contributed by atoms with Crippen LogP contribution in [0.4, 0.5) is 5.69 Å². The Labute approximate surface area is 140 Å². The summed E-state index contributed by atoms with van der Waals surface area (Å²) in [6.45, 7) is 1.73. The zero-order chi connectivity index (χ0) is 17.1. The van der Waals surface area contributed by atoms with Crippen LogP contribution in [0.2, 0.25) is 0 Å². The molecule has 2 heterocycles. The van der Waals surface area contributed by atoms with E-state index in [4.69, 9.17) is 4.52 Å². The van der Waals surface area contributed by atoms with Crippen LogP contribution < -0.4 is 5.32 Å². The number of nitro groups is 1. The van der Waals surface area contributed by atoms with Gasteiger partial charge in [-0.25, -0.2) is 0 Å². The van der Waals surface area contributed by atoms with Gasteiger partial charge in [0.25, 0.3) is 11.6 Å². The number of nitrogens with zero attached hydrogens (tertiary/aromatic N) is 3. The number of benzene rings is 1. The molecule has 9 heteroatoms. The Kier molecular flexibility index (Phi) is 4.34. The van der Waals surface area contributed by atoms with E-state index in [0.717, 1.165) is 0 Å². The molecule has 0 unspecified atom stereocenters. The van der Waals surface area contributed by atoms with Crippen LogP contribution in [-0.4, -0.2) is 21.0 Å². The number of rotatable bonds is 5. The normalized spacial score (nSPS) is 11.9. The average molecular weight is 344 g/mol. The Morgan fingerprint density at radius 1 is 1.33 bits per heavy atom. The summed E-state index contributed by atoms with van der Waals surface area (Å²) in [5.74, 6) is 0.345. The molecule has 0 saturated carbocycles. The van der Waals surface area contributed by atoms with Gasteiger partial charge in [0.15, 0.2) is 0 Å².